The molecule has 1 atom stereocenters. The monoisotopic (exact) mass is 426 g/mol. The first kappa shape index (κ1) is 21.8. The summed E-state index contributed by atoms with van der Waals surface area (Å²) in [5.74, 6) is -0.351. The van der Waals surface area contributed by atoms with Gasteiger partial charge in [-0.3, -0.25) is 4.79 Å². The minimum Gasteiger partial charge on any atom is -0.348 e. The summed E-state index contributed by atoms with van der Waals surface area (Å²) in [4.78, 5) is 13.7. The van der Waals surface area contributed by atoms with Crippen LogP contribution in [0, 0.1) is 0 Å². The summed E-state index contributed by atoms with van der Waals surface area (Å²) in [6, 6.07) is 13.6. The van der Waals surface area contributed by atoms with Crippen molar-refractivity contribution in [3.05, 3.63) is 59.1 Å². The van der Waals surface area contributed by atoms with Crippen LogP contribution in [0.15, 0.2) is 58.3 Å². The molecule has 0 aromatic heterocycles. The number of amides is 1. The summed E-state index contributed by atoms with van der Waals surface area (Å²) in [5.41, 5.74) is 0.963. The van der Waals surface area contributed by atoms with Crippen LogP contribution in [-0.2, 0) is 14.8 Å². The van der Waals surface area contributed by atoms with Crippen LogP contribution < -0.4 is 5.32 Å². The van der Waals surface area contributed by atoms with E-state index in [1.807, 2.05) is 37.4 Å². The Hall–Kier alpha value is -1.54. The lowest BCUT2D eigenvalue weighted by Gasteiger charge is -2.22. The molecule has 8 heteroatoms. The number of likely N-dealkylation sites (N-methyl/N-ethyl adjacent to an activating group) is 1. The van der Waals surface area contributed by atoms with Crippen LogP contribution in [0.3, 0.4) is 0 Å². The van der Waals surface area contributed by atoms with Gasteiger partial charge in [-0.2, -0.15) is 4.31 Å². The fourth-order valence-corrected chi connectivity index (χ4v) is 4.49. The Kier molecular flexibility index (Phi) is 7.73. The first-order valence-electron chi connectivity index (χ1n) is 8.47. The van der Waals surface area contributed by atoms with Gasteiger partial charge < -0.3 is 5.32 Å². The molecule has 0 fully saturated rings. The molecule has 5 nitrogen and oxygen atoms in total. The minimum atomic E-state index is -3.76. The van der Waals surface area contributed by atoms with E-state index in [-0.39, 0.29) is 29.9 Å². The number of nitrogens with one attached hydrogen (secondary N) is 1. The van der Waals surface area contributed by atoms with E-state index in [1.54, 1.807) is 18.7 Å². The molecule has 0 saturated carbocycles. The van der Waals surface area contributed by atoms with E-state index in [0.717, 1.165) is 14.8 Å². The first-order valence-corrected chi connectivity index (χ1v) is 11.5. The number of hydrogen-bond acceptors (Lipinski definition) is 4. The molecule has 0 aliphatic rings. The third-order valence-corrected chi connectivity index (χ3v) is 7.05. The van der Waals surface area contributed by atoms with E-state index in [2.05, 4.69) is 5.32 Å². The predicted molar refractivity (Wildman–Crippen MR) is 111 cm³/mol. The molecule has 0 bridgehead atoms. The zero-order chi connectivity index (χ0) is 20.0. The Morgan fingerprint density at radius 3 is 2.26 bits per heavy atom. The molecular weight excluding hydrogens is 404 g/mol. The van der Waals surface area contributed by atoms with Crippen molar-refractivity contribution >= 4 is 39.3 Å². The third kappa shape index (κ3) is 5.72. The Labute approximate surface area is 170 Å². The Bertz CT molecular complexity index is 869. The van der Waals surface area contributed by atoms with E-state index in [9.17, 15) is 13.2 Å². The fourth-order valence-electron chi connectivity index (χ4n) is 2.55. The average Bonchev–Trinajstić information content (AvgIpc) is 2.66. The Balaban J connectivity index is 2.06. The summed E-state index contributed by atoms with van der Waals surface area (Å²) in [6.07, 6.45) is 2.00. The predicted octanol–water partition coefficient (Wildman–Crippen LogP) is 3.95. The van der Waals surface area contributed by atoms with Crippen LogP contribution in [0.4, 0.5) is 0 Å². The summed E-state index contributed by atoms with van der Waals surface area (Å²) in [7, 11) is -3.76. The second-order valence-electron chi connectivity index (χ2n) is 5.95. The molecule has 0 saturated heterocycles. The van der Waals surface area contributed by atoms with Gasteiger partial charge in [-0.15, -0.1) is 11.8 Å². The van der Waals surface area contributed by atoms with Gasteiger partial charge in [-0.25, -0.2) is 8.42 Å². The smallest absolute Gasteiger partial charge is 0.243 e. The highest BCUT2D eigenvalue weighted by molar-refractivity contribution is 7.98. The molecule has 1 N–H and O–H groups in total. The fraction of sp³-hybridized carbons (Fsp3) is 0.316. The summed E-state index contributed by atoms with van der Waals surface area (Å²) in [5, 5.41) is 3.31. The number of hydrogen-bond donors (Lipinski definition) is 1. The van der Waals surface area contributed by atoms with Crippen LogP contribution in [0.2, 0.25) is 5.02 Å². The maximum absolute atomic E-state index is 12.7. The van der Waals surface area contributed by atoms with Gasteiger partial charge in [-0.05, 0) is 55.1 Å². The molecule has 1 unspecified atom stereocenters. The number of thioether (sulfide) groups is 1. The summed E-state index contributed by atoms with van der Waals surface area (Å²) in [6.45, 7) is 3.52. The molecule has 1 amide bonds. The first-order chi connectivity index (χ1) is 12.8. The molecule has 0 aliphatic carbocycles. The Morgan fingerprint density at radius 2 is 1.74 bits per heavy atom. The topological polar surface area (TPSA) is 66.5 Å². The van der Waals surface area contributed by atoms with Gasteiger partial charge in [0.15, 0.2) is 0 Å². The molecule has 2 rings (SSSR count). The zero-order valence-electron chi connectivity index (χ0n) is 15.5. The number of benzene rings is 2. The van der Waals surface area contributed by atoms with Crippen LogP contribution in [0.25, 0.3) is 0 Å². The number of nitrogens with zero attached hydrogens (tertiary/aromatic N) is 1. The number of rotatable bonds is 8. The van der Waals surface area contributed by atoms with Crippen LogP contribution in [0.1, 0.15) is 25.5 Å². The van der Waals surface area contributed by atoms with Crippen molar-refractivity contribution in [1.82, 2.24) is 9.62 Å². The maximum atomic E-state index is 12.7. The quantitative estimate of drug-likeness (QED) is 0.649. The second-order valence-corrected chi connectivity index (χ2v) is 9.20. The molecule has 0 heterocycles. The van der Waals surface area contributed by atoms with Gasteiger partial charge >= 0.3 is 0 Å². The van der Waals surface area contributed by atoms with Crippen molar-refractivity contribution in [3.8, 4) is 0 Å². The molecular formula is C19H23ClN2O3S2. The van der Waals surface area contributed by atoms with Gasteiger partial charge in [0.25, 0.3) is 0 Å². The summed E-state index contributed by atoms with van der Waals surface area (Å²) < 4.78 is 26.6. The van der Waals surface area contributed by atoms with Crippen LogP contribution in [-0.4, -0.2) is 38.0 Å². The van der Waals surface area contributed by atoms with Gasteiger partial charge in [0, 0.05) is 16.5 Å². The maximum Gasteiger partial charge on any atom is 0.243 e. The van der Waals surface area contributed by atoms with Gasteiger partial charge in [0.1, 0.15) is 0 Å². The van der Waals surface area contributed by atoms with Crippen molar-refractivity contribution < 1.29 is 13.2 Å². The van der Waals surface area contributed by atoms with Crippen molar-refractivity contribution in [3.63, 3.8) is 0 Å². The zero-order valence-corrected chi connectivity index (χ0v) is 17.9. The largest absolute Gasteiger partial charge is 0.348 e. The summed E-state index contributed by atoms with van der Waals surface area (Å²) >= 11 is 7.47. The molecule has 0 aliphatic heterocycles. The van der Waals surface area contributed by atoms with Gasteiger partial charge in [0.2, 0.25) is 15.9 Å². The van der Waals surface area contributed by atoms with Gasteiger partial charge in [-0.1, -0.05) is 30.7 Å². The lowest BCUT2D eigenvalue weighted by atomic mass is 10.1. The molecule has 2 aromatic rings. The molecule has 0 radical (unpaired) electrons. The lowest BCUT2D eigenvalue weighted by molar-refractivity contribution is -0.121. The molecule has 27 heavy (non-hydrogen) atoms. The highest BCUT2D eigenvalue weighted by atomic mass is 35.5. The van der Waals surface area contributed by atoms with Crippen molar-refractivity contribution in [1.29, 1.82) is 0 Å². The number of sulfonamides is 1. The second kappa shape index (κ2) is 9.59. The lowest BCUT2D eigenvalue weighted by Crippen LogP contribution is -2.41. The number of carbonyl (C=O) groups excluding carboxylic acids is 1. The van der Waals surface area contributed by atoms with Crippen molar-refractivity contribution in [2.75, 3.05) is 19.3 Å². The molecule has 0 spiro atoms. The van der Waals surface area contributed by atoms with E-state index in [4.69, 9.17) is 11.6 Å². The normalized spacial score (nSPS) is 12.8. The highest BCUT2D eigenvalue weighted by Crippen LogP contribution is 2.20. The average molecular weight is 427 g/mol. The minimum absolute atomic E-state index is 0.113. The SMILES string of the molecule is CCN(CC(=O)NC(C)c1ccc(SC)cc1)S(=O)(=O)c1ccc(Cl)cc1. The van der Waals surface area contributed by atoms with Crippen LogP contribution >= 0.6 is 23.4 Å². The third-order valence-electron chi connectivity index (χ3n) is 4.12. The standard InChI is InChI=1S/C19H23ClN2O3S2/c1-4-22(27(24,25)18-11-7-16(20)8-12-18)13-19(23)21-14(2)15-5-9-17(26-3)10-6-15/h5-12,14H,4,13H2,1-3H3,(H,21,23). The van der Waals surface area contributed by atoms with Crippen molar-refractivity contribution in [2.45, 2.75) is 29.7 Å². The van der Waals surface area contributed by atoms with E-state index in [0.29, 0.717) is 5.02 Å². The Morgan fingerprint density at radius 1 is 1.15 bits per heavy atom. The van der Waals surface area contributed by atoms with E-state index < -0.39 is 10.0 Å². The van der Waals surface area contributed by atoms with E-state index >= 15 is 0 Å². The van der Waals surface area contributed by atoms with E-state index in [1.165, 1.54) is 24.3 Å². The molecule has 2 aromatic carbocycles. The number of carbonyl (C=O) groups is 1. The molecule has 146 valence electrons. The van der Waals surface area contributed by atoms with Crippen molar-refractivity contribution in [2.24, 2.45) is 0 Å². The van der Waals surface area contributed by atoms with Gasteiger partial charge in [0.05, 0.1) is 17.5 Å². The highest BCUT2D eigenvalue weighted by Gasteiger charge is 2.25. The van der Waals surface area contributed by atoms with Crippen LogP contribution in [0.5, 0.6) is 0 Å². The number of halogens is 1.